The molecule has 0 saturated carbocycles. The lowest BCUT2D eigenvalue weighted by Crippen LogP contribution is -1.87. The molecule has 0 fully saturated rings. The van der Waals surface area contributed by atoms with Gasteiger partial charge in [0.15, 0.2) is 11.1 Å². The Kier molecular flexibility index (Phi) is 2.80. The smallest absolute Gasteiger partial charge is 0.227 e. The van der Waals surface area contributed by atoms with Gasteiger partial charge in [0.2, 0.25) is 5.89 Å². The normalized spacial score (nSPS) is 10.8. The summed E-state index contributed by atoms with van der Waals surface area (Å²) in [5.74, 6) is 1.16. The van der Waals surface area contributed by atoms with E-state index in [1.807, 2.05) is 24.3 Å². The summed E-state index contributed by atoms with van der Waals surface area (Å²) in [5.41, 5.74) is 8.41. The first-order valence-corrected chi connectivity index (χ1v) is 6.06. The van der Waals surface area contributed by atoms with Crippen molar-refractivity contribution < 1.29 is 9.15 Å². The fraction of sp³-hybridized carbons (Fsp3) is 0.0714. The largest absolute Gasteiger partial charge is 0.494 e. The number of oxazole rings is 1. The van der Waals surface area contributed by atoms with E-state index >= 15 is 0 Å². The molecule has 1 aromatic heterocycles. The Morgan fingerprint density at radius 2 is 2.11 bits per heavy atom. The number of anilines is 1. The molecule has 0 radical (unpaired) electrons. The van der Waals surface area contributed by atoms with Crippen molar-refractivity contribution in [3.8, 4) is 17.2 Å². The average Bonchev–Trinajstić information content (AvgIpc) is 2.85. The number of nitrogens with two attached hydrogens (primary N) is 1. The predicted octanol–water partition coefficient (Wildman–Crippen LogP) is 3.74. The second-order valence-electron chi connectivity index (χ2n) is 4.06. The number of methoxy groups -OCH3 is 1. The first-order chi connectivity index (χ1) is 9.19. The molecule has 0 spiro atoms. The number of halogens is 1. The van der Waals surface area contributed by atoms with Crippen LogP contribution in [-0.4, -0.2) is 12.1 Å². The molecule has 0 bridgehead atoms. The SMILES string of the molecule is COc1cccc2oc(-c3ccc(Cl)c(N)c3)nc12. The highest BCUT2D eigenvalue weighted by Crippen LogP contribution is 2.31. The van der Waals surface area contributed by atoms with Crippen molar-refractivity contribution >= 4 is 28.4 Å². The monoisotopic (exact) mass is 274 g/mol. The highest BCUT2D eigenvalue weighted by atomic mass is 35.5. The summed E-state index contributed by atoms with van der Waals surface area (Å²) in [6.45, 7) is 0. The molecule has 0 aliphatic heterocycles. The Hall–Kier alpha value is -2.20. The summed E-state index contributed by atoms with van der Waals surface area (Å²) in [7, 11) is 1.60. The maximum Gasteiger partial charge on any atom is 0.227 e. The van der Waals surface area contributed by atoms with Crippen LogP contribution >= 0.6 is 11.6 Å². The second kappa shape index (κ2) is 4.48. The first-order valence-electron chi connectivity index (χ1n) is 5.68. The molecule has 0 aliphatic carbocycles. The van der Waals surface area contributed by atoms with Crippen LogP contribution < -0.4 is 10.5 Å². The Morgan fingerprint density at radius 3 is 2.84 bits per heavy atom. The summed E-state index contributed by atoms with van der Waals surface area (Å²) in [6.07, 6.45) is 0. The van der Waals surface area contributed by atoms with E-state index in [0.29, 0.717) is 33.4 Å². The maximum atomic E-state index is 5.90. The number of ether oxygens (including phenoxy) is 1. The third-order valence-electron chi connectivity index (χ3n) is 2.84. The summed E-state index contributed by atoms with van der Waals surface area (Å²) < 4.78 is 11.0. The minimum absolute atomic E-state index is 0.489. The number of benzene rings is 2. The van der Waals surface area contributed by atoms with Crippen molar-refractivity contribution in [2.45, 2.75) is 0 Å². The van der Waals surface area contributed by atoms with Crippen LogP contribution in [0.25, 0.3) is 22.6 Å². The minimum Gasteiger partial charge on any atom is -0.494 e. The third-order valence-corrected chi connectivity index (χ3v) is 3.19. The van der Waals surface area contributed by atoms with Gasteiger partial charge < -0.3 is 14.9 Å². The molecule has 1 heterocycles. The van der Waals surface area contributed by atoms with E-state index in [2.05, 4.69) is 4.98 Å². The molecule has 3 rings (SSSR count). The van der Waals surface area contributed by atoms with Crippen LogP contribution in [0.3, 0.4) is 0 Å². The van der Waals surface area contributed by atoms with Crippen LogP contribution in [0.1, 0.15) is 0 Å². The van der Waals surface area contributed by atoms with Gasteiger partial charge in [0.05, 0.1) is 17.8 Å². The lowest BCUT2D eigenvalue weighted by atomic mass is 10.2. The molecule has 5 heteroatoms. The fourth-order valence-electron chi connectivity index (χ4n) is 1.89. The number of aromatic nitrogens is 1. The zero-order valence-electron chi connectivity index (χ0n) is 10.2. The molecule has 0 amide bonds. The quantitative estimate of drug-likeness (QED) is 0.723. The number of para-hydroxylation sites is 1. The highest BCUT2D eigenvalue weighted by Gasteiger charge is 2.12. The van der Waals surface area contributed by atoms with Crippen LogP contribution in [0.5, 0.6) is 5.75 Å². The van der Waals surface area contributed by atoms with Gasteiger partial charge in [-0.2, -0.15) is 0 Å². The molecule has 2 N–H and O–H groups in total. The van der Waals surface area contributed by atoms with E-state index in [-0.39, 0.29) is 0 Å². The van der Waals surface area contributed by atoms with Crippen LogP contribution in [0.15, 0.2) is 40.8 Å². The van der Waals surface area contributed by atoms with Crippen molar-refractivity contribution in [1.29, 1.82) is 0 Å². The van der Waals surface area contributed by atoms with Gasteiger partial charge in [0.1, 0.15) is 5.75 Å². The summed E-state index contributed by atoms with van der Waals surface area (Å²) >= 11 is 5.90. The Morgan fingerprint density at radius 1 is 1.26 bits per heavy atom. The van der Waals surface area contributed by atoms with E-state index in [0.717, 1.165) is 5.56 Å². The summed E-state index contributed by atoms with van der Waals surface area (Å²) in [6, 6.07) is 10.8. The maximum absolute atomic E-state index is 5.90. The van der Waals surface area contributed by atoms with E-state index in [1.54, 1.807) is 19.2 Å². The topological polar surface area (TPSA) is 61.3 Å². The van der Waals surface area contributed by atoms with E-state index in [1.165, 1.54) is 0 Å². The standard InChI is InChI=1S/C14H11ClN2O2/c1-18-11-3-2-4-12-13(11)17-14(19-12)8-5-6-9(15)10(16)7-8/h2-7H,16H2,1H3. The molecule has 0 atom stereocenters. The van der Waals surface area contributed by atoms with Gasteiger partial charge >= 0.3 is 0 Å². The summed E-state index contributed by atoms with van der Waals surface area (Å²) in [5, 5.41) is 0.512. The zero-order valence-corrected chi connectivity index (χ0v) is 10.9. The number of hydrogen-bond donors (Lipinski definition) is 1. The molecule has 4 nitrogen and oxygen atoms in total. The lowest BCUT2D eigenvalue weighted by Gasteiger charge is -1.99. The van der Waals surface area contributed by atoms with Gasteiger partial charge in [-0.05, 0) is 30.3 Å². The fourth-order valence-corrected chi connectivity index (χ4v) is 2.01. The van der Waals surface area contributed by atoms with E-state index < -0.39 is 0 Å². The van der Waals surface area contributed by atoms with E-state index in [4.69, 9.17) is 26.5 Å². The van der Waals surface area contributed by atoms with Crippen molar-refractivity contribution in [2.75, 3.05) is 12.8 Å². The second-order valence-corrected chi connectivity index (χ2v) is 4.47. The number of rotatable bonds is 2. The van der Waals surface area contributed by atoms with Crippen LogP contribution in [0.2, 0.25) is 5.02 Å². The number of nitrogen functional groups attached to an aromatic ring is 1. The minimum atomic E-state index is 0.489. The number of nitrogens with zero attached hydrogens (tertiary/aromatic N) is 1. The molecule has 96 valence electrons. The van der Waals surface area contributed by atoms with Gasteiger partial charge in [-0.1, -0.05) is 17.7 Å². The van der Waals surface area contributed by atoms with Crippen LogP contribution in [0.4, 0.5) is 5.69 Å². The van der Waals surface area contributed by atoms with Crippen molar-refractivity contribution in [1.82, 2.24) is 4.98 Å². The Bertz CT molecular complexity index is 752. The molecule has 0 saturated heterocycles. The molecular weight excluding hydrogens is 264 g/mol. The van der Waals surface area contributed by atoms with Crippen molar-refractivity contribution in [3.63, 3.8) is 0 Å². The predicted molar refractivity (Wildman–Crippen MR) is 75.4 cm³/mol. The van der Waals surface area contributed by atoms with Crippen LogP contribution in [-0.2, 0) is 0 Å². The van der Waals surface area contributed by atoms with E-state index in [9.17, 15) is 0 Å². The lowest BCUT2D eigenvalue weighted by molar-refractivity contribution is 0.419. The van der Waals surface area contributed by atoms with Gasteiger partial charge in [-0.3, -0.25) is 0 Å². The number of hydrogen-bond acceptors (Lipinski definition) is 4. The average molecular weight is 275 g/mol. The van der Waals surface area contributed by atoms with Crippen molar-refractivity contribution in [2.24, 2.45) is 0 Å². The van der Waals surface area contributed by atoms with Gasteiger partial charge in [-0.25, -0.2) is 4.98 Å². The molecule has 0 aliphatic rings. The van der Waals surface area contributed by atoms with Crippen molar-refractivity contribution in [3.05, 3.63) is 41.4 Å². The summed E-state index contributed by atoms with van der Waals surface area (Å²) in [4.78, 5) is 4.43. The third kappa shape index (κ3) is 2.00. The Labute approximate surface area is 114 Å². The molecule has 3 aromatic rings. The molecular formula is C14H11ClN2O2. The van der Waals surface area contributed by atoms with Gasteiger partial charge in [0.25, 0.3) is 0 Å². The molecule has 2 aromatic carbocycles. The van der Waals surface area contributed by atoms with Crippen LogP contribution in [0, 0.1) is 0 Å². The molecule has 19 heavy (non-hydrogen) atoms. The molecule has 0 unspecified atom stereocenters. The van der Waals surface area contributed by atoms with Gasteiger partial charge in [0, 0.05) is 5.56 Å². The Balaban J connectivity index is 2.17. The van der Waals surface area contributed by atoms with Gasteiger partial charge in [-0.15, -0.1) is 0 Å². The number of fused-ring (bicyclic) bond motifs is 1. The highest BCUT2D eigenvalue weighted by molar-refractivity contribution is 6.33. The first kappa shape index (κ1) is 11.9. The zero-order chi connectivity index (χ0) is 13.4.